The van der Waals surface area contributed by atoms with Crippen LogP contribution >= 0.6 is 24.0 Å². The van der Waals surface area contributed by atoms with Crippen molar-refractivity contribution in [3.63, 3.8) is 0 Å². The lowest BCUT2D eigenvalue weighted by Gasteiger charge is -2.16. The second kappa shape index (κ2) is 9.79. The van der Waals surface area contributed by atoms with Crippen LogP contribution in [-0.4, -0.2) is 5.16 Å². The van der Waals surface area contributed by atoms with E-state index in [0.717, 1.165) is 39.9 Å². The summed E-state index contributed by atoms with van der Waals surface area (Å²) in [5.74, 6) is 1.63. The van der Waals surface area contributed by atoms with Gasteiger partial charge in [-0.2, -0.15) is 0 Å². The maximum atomic E-state index is 6.25. The lowest BCUT2D eigenvalue weighted by Crippen LogP contribution is -2.18. The minimum atomic E-state index is 0. The van der Waals surface area contributed by atoms with Crippen LogP contribution in [0.1, 0.15) is 41.1 Å². The van der Waals surface area contributed by atoms with Gasteiger partial charge in [-0.3, -0.25) is 0 Å². The summed E-state index contributed by atoms with van der Waals surface area (Å²) in [7, 11) is 0. The monoisotopic (exact) mass is 406 g/mol. The third kappa shape index (κ3) is 5.48. The van der Waals surface area contributed by atoms with Gasteiger partial charge in [-0.1, -0.05) is 47.1 Å². The number of nitrogens with zero attached hydrogens (tertiary/aromatic N) is 1. The molecule has 1 heterocycles. The molecule has 6 heteroatoms. The van der Waals surface area contributed by atoms with Crippen LogP contribution in [0.15, 0.2) is 53.1 Å². The summed E-state index contributed by atoms with van der Waals surface area (Å²) in [6.45, 7) is 7.15. The van der Waals surface area contributed by atoms with Gasteiger partial charge in [0.15, 0.2) is 0 Å². The van der Waals surface area contributed by atoms with Gasteiger partial charge in [0, 0.05) is 17.6 Å². The molecule has 0 fully saturated rings. The number of hydrogen-bond acceptors (Lipinski definition) is 4. The molecular formula is C21H24Cl2N2O2. The van der Waals surface area contributed by atoms with E-state index in [4.69, 9.17) is 20.9 Å². The van der Waals surface area contributed by atoms with E-state index >= 15 is 0 Å². The van der Waals surface area contributed by atoms with Gasteiger partial charge in [-0.05, 0) is 50.1 Å². The van der Waals surface area contributed by atoms with E-state index in [1.54, 1.807) is 0 Å². The minimum absolute atomic E-state index is 0. The van der Waals surface area contributed by atoms with Crippen molar-refractivity contribution in [2.45, 2.75) is 40.0 Å². The number of aromatic nitrogens is 1. The predicted octanol–water partition coefficient (Wildman–Crippen LogP) is 5.80. The zero-order valence-electron chi connectivity index (χ0n) is 15.7. The summed E-state index contributed by atoms with van der Waals surface area (Å²) >= 11 is 6.25. The molecule has 3 rings (SSSR count). The largest absolute Gasteiger partial charge is 0.489 e. The second-order valence-electron chi connectivity index (χ2n) is 6.36. The summed E-state index contributed by atoms with van der Waals surface area (Å²) in [6, 6.07) is 16.2. The Morgan fingerprint density at radius 1 is 1.11 bits per heavy atom. The quantitative estimate of drug-likeness (QED) is 0.538. The van der Waals surface area contributed by atoms with Gasteiger partial charge < -0.3 is 14.6 Å². The molecule has 0 amide bonds. The Kier molecular flexibility index (Phi) is 7.72. The van der Waals surface area contributed by atoms with Crippen LogP contribution in [0.4, 0.5) is 0 Å². The molecule has 1 aromatic heterocycles. The summed E-state index contributed by atoms with van der Waals surface area (Å²) in [5.41, 5.74) is 4.17. The van der Waals surface area contributed by atoms with Gasteiger partial charge >= 0.3 is 0 Å². The maximum Gasteiger partial charge on any atom is 0.140 e. The fraction of sp³-hybridized carbons (Fsp3) is 0.286. The number of benzene rings is 2. The minimum Gasteiger partial charge on any atom is -0.489 e. The molecule has 1 N–H and O–H groups in total. The van der Waals surface area contributed by atoms with Gasteiger partial charge in [-0.25, -0.2) is 0 Å². The molecule has 0 aliphatic carbocycles. The van der Waals surface area contributed by atoms with E-state index in [1.165, 1.54) is 5.56 Å². The van der Waals surface area contributed by atoms with Crippen LogP contribution < -0.4 is 10.1 Å². The van der Waals surface area contributed by atoms with Crippen molar-refractivity contribution in [2.75, 3.05) is 0 Å². The van der Waals surface area contributed by atoms with E-state index in [0.29, 0.717) is 6.61 Å². The standard InChI is InChI=1S/C21H23ClN2O2.ClH/c1-14(19-6-4-5-7-21(19)22)23-12-17-8-10-18(11-9-17)25-13-20-15(2)24-26-16(20)3;/h4-11,14,23H,12-13H2,1-3H3;1H. The van der Waals surface area contributed by atoms with Crippen LogP contribution in [0, 0.1) is 13.8 Å². The highest BCUT2D eigenvalue weighted by Crippen LogP contribution is 2.23. The summed E-state index contributed by atoms with van der Waals surface area (Å²) in [6.07, 6.45) is 0. The molecule has 27 heavy (non-hydrogen) atoms. The van der Waals surface area contributed by atoms with E-state index < -0.39 is 0 Å². The first-order valence-electron chi connectivity index (χ1n) is 8.66. The van der Waals surface area contributed by atoms with Crippen molar-refractivity contribution in [3.8, 4) is 5.75 Å². The molecule has 1 atom stereocenters. The van der Waals surface area contributed by atoms with Crippen molar-refractivity contribution in [3.05, 3.63) is 81.7 Å². The average Bonchev–Trinajstić information content (AvgIpc) is 2.97. The number of ether oxygens (including phenoxy) is 1. The molecule has 1 unspecified atom stereocenters. The van der Waals surface area contributed by atoms with Gasteiger partial charge in [0.1, 0.15) is 18.1 Å². The van der Waals surface area contributed by atoms with Crippen LogP contribution in [0.2, 0.25) is 5.02 Å². The smallest absolute Gasteiger partial charge is 0.140 e. The Balaban J connectivity index is 0.00000261. The fourth-order valence-corrected chi connectivity index (χ4v) is 3.07. The van der Waals surface area contributed by atoms with Crippen molar-refractivity contribution in [2.24, 2.45) is 0 Å². The first kappa shape index (κ1) is 21.3. The van der Waals surface area contributed by atoms with Crippen molar-refractivity contribution in [1.82, 2.24) is 10.5 Å². The molecule has 2 aromatic carbocycles. The second-order valence-corrected chi connectivity index (χ2v) is 6.77. The van der Waals surface area contributed by atoms with E-state index in [2.05, 4.69) is 29.5 Å². The Morgan fingerprint density at radius 2 is 1.81 bits per heavy atom. The van der Waals surface area contributed by atoms with Crippen LogP contribution in [-0.2, 0) is 13.2 Å². The molecule has 0 saturated carbocycles. The first-order valence-corrected chi connectivity index (χ1v) is 9.03. The normalized spacial score (nSPS) is 11.7. The Morgan fingerprint density at radius 3 is 2.44 bits per heavy atom. The van der Waals surface area contributed by atoms with E-state index in [9.17, 15) is 0 Å². The van der Waals surface area contributed by atoms with Gasteiger partial charge in [0.25, 0.3) is 0 Å². The number of rotatable bonds is 7. The predicted molar refractivity (Wildman–Crippen MR) is 111 cm³/mol. The number of aryl methyl sites for hydroxylation is 2. The fourth-order valence-electron chi connectivity index (χ4n) is 2.77. The number of halogens is 2. The summed E-state index contributed by atoms with van der Waals surface area (Å²) < 4.78 is 11.0. The molecule has 0 aliphatic rings. The van der Waals surface area contributed by atoms with Crippen LogP contribution in [0.3, 0.4) is 0 Å². The van der Waals surface area contributed by atoms with Crippen LogP contribution in [0.5, 0.6) is 5.75 Å². The highest BCUT2D eigenvalue weighted by Gasteiger charge is 2.10. The SMILES string of the molecule is Cc1noc(C)c1COc1ccc(CNC(C)c2ccccc2Cl)cc1.Cl. The third-order valence-electron chi connectivity index (χ3n) is 4.47. The summed E-state index contributed by atoms with van der Waals surface area (Å²) in [4.78, 5) is 0. The molecule has 0 aliphatic heterocycles. The Bertz CT molecular complexity index is 843. The topological polar surface area (TPSA) is 47.3 Å². The lowest BCUT2D eigenvalue weighted by atomic mass is 10.1. The van der Waals surface area contributed by atoms with Crippen molar-refractivity contribution in [1.29, 1.82) is 0 Å². The Hall–Kier alpha value is -2.01. The molecule has 4 nitrogen and oxygen atoms in total. The average molecular weight is 407 g/mol. The molecule has 0 radical (unpaired) electrons. The Labute approximate surface area is 171 Å². The number of nitrogens with one attached hydrogen (secondary N) is 1. The van der Waals surface area contributed by atoms with Crippen LogP contribution in [0.25, 0.3) is 0 Å². The van der Waals surface area contributed by atoms with Gasteiger partial charge in [0.2, 0.25) is 0 Å². The molecule has 0 bridgehead atoms. The maximum absolute atomic E-state index is 6.25. The molecule has 144 valence electrons. The molecule has 0 spiro atoms. The van der Waals surface area contributed by atoms with Crippen molar-refractivity contribution >= 4 is 24.0 Å². The summed E-state index contributed by atoms with van der Waals surface area (Å²) in [5, 5.41) is 8.23. The lowest BCUT2D eigenvalue weighted by molar-refractivity contribution is 0.301. The highest BCUT2D eigenvalue weighted by atomic mass is 35.5. The van der Waals surface area contributed by atoms with Gasteiger partial charge in [0.05, 0.1) is 11.3 Å². The van der Waals surface area contributed by atoms with E-state index in [1.807, 2.05) is 50.2 Å². The third-order valence-corrected chi connectivity index (χ3v) is 4.82. The van der Waals surface area contributed by atoms with Gasteiger partial charge in [-0.15, -0.1) is 12.4 Å². The number of hydrogen-bond donors (Lipinski definition) is 1. The molecular weight excluding hydrogens is 383 g/mol. The molecule has 3 aromatic rings. The highest BCUT2D eigenvalue weighted by molar-refractivity contribution is 6.31. The zero-order valence-corrected chi connectivity index (χ0v) is 17.2. The molecule has 0 saturated heterocycles. The first-order chi connectivity index (χ1) is 12.5. The van der Waals surface area contributed by atoms with Crippen molar-refractivity contribution < 1.29 is 9.26 Å². The zero-order chi connectivity index (χ0) is 18.5. The van der Waals surface area contributed by atoms with E-state index in [-0.39, 0.29) is 18.4 Å².